The average molecular weight is 408 g/mol. The lowest BCUT2D eigenvalue weighted by Crippen LogP contribution is -2.27. The van der Waals surface area contributed by atoms with E-state index in [1.807, 2.05) is 0 Å². The number of hydrogen-bond acceptors (Lipinski definition) is 7. The highest BCUT2D eigenvalue weighted by atomic mass is 32.2. The number of carbonyl (C=O) groups excluding carboxylic acids is 1. The van der Waals surface area contributed by atoms with Crippen LogP contribution in [-0.4, -0.2) is 41.3 Å². The van der Waals surface area contributed by atoms with Crippen molar-refractivity contribution < 1.29 is 17.6 Å². The van der Waals surface area contributed by atoms with Crippen LogP contribution in [0.4, 0.5) is 5.13 Å². The van der Waals surface area contributed by atoms with Crippen LogP contribution in [0.1, 0.15) is 12.8 Å². The molecule has 0 saturated carbocycles. The molecule has 0 radical (unpaired) electrons. The number of thiazole rings is 1. The second-order valence-corrected chi connectivity index (χ2v) is 8.91. The first-order chi connectivity index (χ1) is 12.9. The van der Waals surface area contributed by atoms with Crippen LogP contribution < -0.4 is 11.1 Å². The molecule has 9 nitrogen and oxygen atoms in total. The maximum absolute atomic E-state index is 12.7. The fourth-order valence-corrected chi connectivity index (χ4v) is 5.10. The van der Waals surface area contributed by atoms with Gasteiger partial charge in [0.25, 0.3) is 0 Å². The van der Waals surface area contributed by atoms with Crippen molar-refractivity contribution in [2.24, 2.45) is 0 Å². The summed E-state index contributed by atoms with van der Waals surface area (Å²) < 4.78 is 33.1. The largest absolute Gasteiger partial charge is 0.420 e. The second-order valence-electron chi connectivity index (χ2n) is 6.08. The van der Waals surface area contributed by atoms with Crippen molar-refractivity contribution in [2.45, 2.75) is 24.3 Å². The predicted octanol–water partition coefficient (Wildman–Crippen LogP) is 1.47. The fourth-order valence-electron chi connectivity index (χ4n) is 3.02. The Kier molecular flexibility index (Phi) is 4.58. The molecule has 0 aliphatic carbocycles. The lowest BCUT2D eigenvalue weighted by atomic mass is 10.3. The first-order valence-corrected chi connectivity index (χ1v) is 10.6. The highest BCUT2D eigenvalue weighted by molar-refractivity contribution is 7.89. The van der Waals surface area contributed by atoms with E-state index in [1.165, 1.54) is 33.8 Å². The predicted molar refractivity (Wildman–Crippen MR) is 99.2 cm³/mol. The zero-order chi connectivity index (χ0) is 19.0. The third-order valence-corrected chi connectivity index (χ3v) is 6.91. The van der Waals surface area contributed by atoms with Crippen molar-refractivity contribution in [1.82, 2.24) is 13.9 Å². The maximum Gasteiger partial charge on any atom is 0.420 e. The van der Waals surface area contributed by atoms with Crippen LogP contribution in [0.5, 0.6) is 0 Å². The SMILES string of the molecule is O=C(Cn1c(=O)oc2cc(S(=O)(=O)N3CCCC3)ccc21)Nc1nccs1. The Labute approximate surface area is 158 Å². The normalized spacial score (nSPS) is 15.4. The molecule has 1 aliphatic rings. The third kappa shape index (κ3) is 3.40. The Hall–Kier alpha value is -2.50. The number of benzene rings is 1. The van der Waals surface area contributed by atoms with E-state index >= 15 is 0 Å². The van der Waals surface area contributed by atoms with Crippen molar-refractivity contribution in [3.05, 3.63) is 40.3 Å². The Bertz CT molecular complexity index is 1140. The molecular weight excluding hydrogens is 392 g/mol. The summed E-state index contributed by atoms with van der Waals surface area (Å²) >= 11 is 1.26. The minimum atomic E-state index is -3.62. The summed E-state index contributed by atoms with van der Waals surface area (Å²) in [5.74, 6) is -1.15. The van der Waals surface area contributed by atoms with E-state index in [0.29, 0.717) is 23.7 Å². The topological polar surface area (TPSA) is 115 Å². The van der Waals surface area contributed by atoms with Gasteiger partial charge in [-0.1, -0.05) is 0 Å². The molecule has 11 heteroatoms. The van der Waals surface area contributed by atoms with Gasteiger partial charge in [0.05, 0.1) is 10.4 Å². The summed E-state index contributed by atoms with van der Waals surface area (Å²) in [5, 5.41) is 4.74. The second kappa shape index (κ2) is 6.91. The zero-order valence-electron chi connectivity index (χ0n) is 14.1. The van der Waals surface area contributed by atoms with Gasteiger partial charge in [-0.2, -0.15) is 4.31 Å². The van der Waals surface area contributed by atoms with Gasteiger partial charge in [-0.25, -0.2) is 18.2 Å². The third-order valence-electron chi connectivity index (χ3n) is 4.32. The Morgan fingerprint density at radius 1 is 1.30 bits per heavy atom. The van der Waals surface area contributed by atoms with E-state index < -0.39 is 21.7 Å². The van der Waals surface area contributed by atoms with E-state index in [4.69, 9.17) is 4.42 Å². The van der Waals surface area contributed by atoms with Gasteiger partial charge in [0, 0.05) is 30.7 Å². The summed E-state index contributed by atoms with van der Waals surface area (Å²) in [4.78, 5) is 28.3. The number of oxazole rings is 1. The molecule has 1 aliphatic heterocycles. The van der Waals surface area contributed by atoms with E-state index in [9.17, 15) is 18.0 Å². The van der Waals surface area contributed by atoms with Gasteiger partial charge in [-0.3, -0.25) is 9.36 Å². The van der Waals surface area contributed by atoms with E-state index in [1.54, 1.807) is 11.6 Å². The molecule has 1 saturated heterocycles. The Morgan fingerprint density at radius 3 is 2.78 bits per heavy atom. The standard InChI is InChI=1S/C16H16N4O5S2/c21-14(18-15-17-5-8-26-15)10-20-12-4-3-11(9-13(12)25-16(20)22)27(23,24)19-6-1-2-7-19/h3-5,8-9H,1-2,6-7,10H2,(H,17,18,21). The quantitative estimate of drug-likeness (QED) is 0.684. The number of hydrogen-bond donors (Lipinski definition) is 1. The van der Waals surface area contributed by atoms with Gasteiger partial charge in [-0.15, -0.1) is 11.3 Å². The van der Waals surface area contributed by atoms with Crippen LogP contribution >= 0.6 is 11.3 Å². The highest BCUT2D eigenvalue weighted by Crippen LogP contribution is 2.24. The first-order valence-electron chi connectivity index (χ1n) is 8.28. The van der Waals surface area contributed by atoms with Crippen LogP contribution in [0.15, 0.2) is 43.9 Å². The van der Waals surface area contributed by atoms with E-state index in [0.717, 1.165) is 17.4 Å². The summed E-state index contributed by atoms with van der Waals surface area (Å²) in [6.07, 6.45) is 3.23. The summed E-state index contributed by atoms with van der Waals surface area (Å²) in [6.45, 7) is 0.716. The number of fused-ring (bicyclic) bond motifs is 1. The van der Waals surface area contributed by atoms with Crippen LogP contribution in [0.2, 0.25) is 0 Å². The number of anilines is 1. The van der Waals surface area contributed by atoms with Gasteiger partial charge < -0.3 is 9.73 Å². The smallest absolute Gasteiger partial charge is 0.408 e. The van der Waals surface area contributed by atoms with Crippen LogP contribution in [0, 0.1) is 0 Å². The molecule has 0 bridgehead atoms. The lowest BCUT2D eigenvalue weighted by Gasteiger charge is -2.15. The molecule has 2 aromatic heterocycles. The van der Waals surface area contributed by atoms with Gasteiger partial charge in [-0.05, 0) is 25.0 Å². The highest BCUT2D eigenvalue weighted by Gasteiger charge is 2.28. The van der Waals surface area contributed by atoms with Crippen molar-refractivity contribution >= 4 is 43.5 Å². The zero-order valence-corrected chi connectivity index (χ0v) is 15.8. The molecule has 4 rings (SSSR count). The molecule has 3 aromatic rings. The van der Waals surface area contributed by atoms with E-state index in [2.05, 4.69) is 10.3 Å². The number of sulfonamides is 1. The Balaban J connectivity index is 1.63. The number of carbonyl (C=O) groups is 1. The summed E-state index contributed by atoms with van der Waals surface area (Å²) in [7, 11) is -3.62. The van der Waals surface area contributed by atoms with E-state index in [-0.39, 0.29) is 17.0 Å². The number of amides is 1. The molecule has 142 valence electrons. The van der Waals surface area contributed by atoms with Gasteiger partial charge in [0.2, 0.25) is 15.9 Å². The Morgan fingerprint density at radius 2 is 2.07 bits per heavy atom. The van der Waals surface area contributed by atoms with Crippen molar-refractivity contribution in [3.63, 3.8) is 0 Å². The summed E-state index contributed by atoms with van der Waals surface area (Å²) in [5.41, 5.74) is 0.483. The fraction of sp³-hybridized carbons (Fsp3) is 0.312. The van der Waals surface area contributed by atoms with Gasteiger partial charge in [0.1, 0.15) is 6.54 Å². The number of nitrogens with one attached hydrogen (secondary N) is 1. The molecule has 1 aromatic carbocycles. The molecule has 1 amide bonds. The molecule has 0 unspecified atom stereocenters. The summed E-state index contributed by atoms with van der Waals surface area (Å²) in [6, 6.07) is 4.25. The minimum Gasteiger partial charge on any atom is -0.408 e. The number of aromatic nitrogens is 2. The minimum absolute atomic E-state index is 0.0741. The maximum atomic E-state index is 12.7. The lowest BCUT2D eigenvalue weighted by molar-refractivity contribution is -0.116. The molecule has 1 N–H and O–H groups in total. The molecule has 1 fully saturated rings. The average Bonchev–Trinajstić information content (AvgIpc) is 3.37. The molecular formula is C16H16N4O5S2. The van der Waals surface area contributed by atoms with Gasteiger partial charge >= 0.3 is 5.76 Å². The van der Waals surface area contributed by atoms with Gasteiger partial charge in [0.15, 0.2) is 10.7 Å². The molecule has 0 atom stereocenters. The number of rotatable bonds is 5. The van der Waals surface area contributed by atoms with Crippen LogP contribution in [0.25, 0.3) is 11.1 Å². The van der Waals surface area contributed by atoms with Crippen LogP contribution in [0.3, 0.4) is 0 Å². The van der Waals surface area contributed by atoms with Crippen molar-refractivity contribution in [1.29, 1.82) is 0 Å². The van der Waals surface area contributed by atoms with Crippen LogP contribution in [-0.2, 0) is 21.4 Å². The molecule has 0 spiro atoms. The van der Waals surface area contributed by atoms with Crippen molar-refractivity contribution in [3.8, 4) is 0 Å². The van der Waals surface area contributed by atoms with Crippen molar-refractivity contribution in [2.75, 3.05) is 18.4 Å². The number of nitrogens with zero attached hydrogens (tertiary/aromatic N) is 3. The monoisotopic (exact) mass is 408 g/mol. The molecule has 3 heterocycles. The molecule has 27 heavy (non-hydrogen) atoms. The first kappa shape index (κ1) is 17.9.